The number of rotatable bonds is 4. The van der Waals surface area contributed by atoms with Crippen LogP contribution in [0.25, 0.3) is 0 Å². The fourth-order valence-corrected chi connectivity index (χ4v) is 5.34. The average Bonchev–Trinajstić information content (AvgIpc) is 3.50. The van der Waals surface area contributed by atoms with Gasteiger partial charge in [-0.05, 0) is 31.2 Å². The van der Waals surface area contributed by atoms with Gasteiger partial charge in [-0.15, -0.1) is 0 Å². The number of benzene rings is 1. The van der Waals surface area contributed by atoms with E-state index in [4.69, 9.17) is 14.4 Å². The molecule has 3 aromatic rings. The van der Waals surface area contributed by atoms with Gasteiger partial charge in [-0.1, -0.05) is 35.5 Å². The number of fused-ring (bicyclic) bond motifs is 2. The van der Waals surface area contributed by atoms with Gasteiger partial charge in [0.15, 0.2) is 5.69 Å². The minimum absolute atomic E-state index is 0.0947. The topological polar surface area (TPSA) is 93.7 Å². The zero-order valence-electron chi connectivity index (χ0n) is 19.7. The van der Waals surface area contributed by atoms with Crippen molar-refractivity contribution in [1.29, 1.82) is 0 Å². The van der Waals surface area contributed by atoms with E-state index in [0.29, 0.717) is 63.8 Å². The molecule has 182 valence electrons. The monoisotopic (exact) mass is 475 g/mol. The second-order valence-corrected chi connectivity index (χ2v) is 9.44. The number of ether oxygens (including phenoxy) is 1. The van der Waals surface area contributed by atoms with Gasteiger partial charge in [-0.2, -0.15) is 5.10 Å². The third-order valence-electron chi connectivity index (χ3n) is 7.25. The molecule has 1 aromatic carbocycles. The Hall–Kier alpha value is -3.46. The van der Waals surface area contributed by atoms with Gasteiger partial charge in [0.2, 0.25) is 5.76 Å². The van der Waals surface area contributed by atoms with Gasteiger partial charge in [-0.3, -0.25) is 14.3 Å². The van der Waals surface area contributed by atoms with Crippen molar-refractivity contribution >= 4 is 11.8 Å². The quantitative estimate of drug-likeness (QED) is 0.576. The summed E-state index contributed by atoms with van der Waals surface area (Å²) in [6, 6.07) is 10.1. The second-order valence-electron chi connectivity index (χ2n) is 9.44. The van der Waals surface area contributed by atoms with Crippen molar-refractivity contribution in [3.8, 4) is 0 Å². The van der Waals surface area contributed by atoms with Crippen LogP contribution < -0.4 is 0 Å². The van der Waals surface area contributed by atoms with Crippen LogP contribution in [0, 0.1) is 0 Å². The van der Waals surface area contributed by atoms with Crippen LogP contribution in [0.15, 0.2) is 34.9 Å². The molecule has 4 heterocycles. The van der Waals surface area contributed by atoms with Crippen molar-refractivity contribution in [3.63, 3.8) is 0 Å². The van der Waals surface area contributed by atoms with E-state index in [1.165, 1.54) is 0 Å². The van der Waals surface area contributed by atoms with Crippen LogP contribution in [0.2, 0.25) is 0 Å². The van der Waals surface area contributed by atoms with Crippen molar-refractivity contribution in [2.45, 2.75) is 45.2 Å². The molecule has 3 aliphatic rings. The smallest absolute Gasteiger partial charge is 0.293 e. The molecule has 2 aliphatic heterocycles. The maximum atomic E-state index is 13.5. The Bertz CT molecular complexity index is 1240. The minimum Gasteiger partial charge on any atom is -0.378 e. The number of hydrogen-bond donors (Lipinski definition) is 0. The van der Waals surface area contributed by atoms with Crippen molar-refractivity contribution in [2.24, 2.45) is 0 Å². The molecule has 0 atom stereocenters. The van der Waals surface area contributed by atoms with Crippen LogP contribution in [0.5, 0.6) is 0 Å². The lowest BCUT2D eigenvalue weighted by atomic mass is 9.95. The van der Waals surface area contributed by atoms with E-state index in [-0.39, 0.29) is 11.8 Å². The molecule has 1 saturated heterocycles. The highest BCUT2D eigenvalue weighted by atomic mass is 16.5. The predicted octanol–water partition coefficient (Wildman–Crippen LogP) is 2.47. The normalized spacial score (nSPS) is 17.7. The average molecular weight is 476 g/mol. The molecule has 2 amide bonds. The molecule has 6 rings (SSSR count). The summed E-state index contributed by atoms with van der Waals surface area (Å²) in [4.78, 5) is 30.6. The Morgan fingerprint density at radius 2 is 1.69 bits per heavy atom. The van der Waals surface area contributed by atoms with Crippen LogP contribution >= 0.6 is 0 Å². The molecule has 0 unspecified atom stereocenters. The summed E-state index contributed by atoms with van der Waals surface area (Å²) >= 11 is 0. The van der Waals surface area contributed by atoms with Gasteiger partial charge in [0.1, 0.15) is 0 Å². The fourth-order valence-electron chi connectivity index (χ4n) is 5.34. The number of carbonyl (C=O) groups is 2. The van der Waals surface area contributed by atoms with E-state index < -0.39 is 0 Å². The first-order valence-electron chi connectivity index (χ1n) is 12.4. The molecule has 0 spiro atoms. The lowest BCUT2D eigenvalue weighted by molar-refractivity contribution is 0.0296. The van der Waals surface area contributed by atoms with E-state index >= 15 is 0 Å². The summed E-state index contributed by atoms with van der Waals surface area (Å²) in [5.41, 5.74) is 5.29. The first-order valence-corrected chi connectivity index (χ1v) is 12.4. The Labute approximate surface area is 203 Å². The molecule has 2 aromatic heterocycles. The zero-order valence-corrected chi connectivity index (χ0v) is 19.7. The Kier molecular flexibility index (Phi) is 5.85. The molecule has 0 saturated carbocycles. The number of aromatic nitrogens is 3. The van der Waals surface area contributed by atoms with E-state index in [0.717, 1.165) is 53.8 Å². The van der Waals surface area contributed by atoms with Crippen molar-refractivity contribution in [1.82, 2.24) is 24.7 Å². The largest absolute Gasteiger partial charge is 0.378 e. The Morgan fingerprint density at radius 3 is 2.51 bits per heavy atom. The van der Waals surface area contributed by atoms with Gasteiger partial charge >= 0.3 is 0 Å². The fraction of sp³-hybridized carbons (Fsp3) is 0.462. The highest BCUT2D eigenvalue weighted by Crippen LogP contribution is 2.29. The van der Waals surface area contributed by atoms with E-state index in [2.05, 4.69) is 17.3 Å². The summed E-state index contributed by atoms with van der Waals surface area (Å²) in [5.74, 6) is 0.121. The van der Waals surface area contributed by atoms with E-state index in [1.54, 1.807) is 9.80 Å². The van der Waals surface area contributed by atoms with Crippen LogP contribution in [0.1, 0.15) is 62.0 Å². The number of nitrogens with zero attached hydrogens (tertiary/aromatic N) is 5. The summed E-state index contributed by atoms with van der Waals surface area (Å²) in [6.45, 7) is 3.62. The number of carbonyl (C=O) groups excluding carboxylic acids is 2. The third-order valence-corrected chi connectivity index (χ3v) is 7.25. The lowest BCUT2D eigenvalue weighted by Gasteiger charge is -2.29. The zero-order chi connectivity index (χ0) is 23.8. The second kappa shape index (κ2) is 9.30. The summed E-state index contributed by atoms with van der Waals surface area (Å²) in [7, 11) is 0. The van der Waals surface area contributed by atoms with Crippen LogP contribution in [-0.2, 0) is 37.1 Å². The minimum atomic E-state index is -0.146. The van der Waals surface area contributed by atoms with Crippen molar-refractivity contribution in [3.05, 3.63) is 69.9 Å². The molecule has 35 heavy (non-hydrogen) atoms. The standard InChI is InChI=1S/C26H29N5O4/c32-25(29-12-14-34-15-13-29)23-20-17-30(26(33)24-19-8-4-5-9-21(19)28-35-24)11-10-22(20)31(27-23)16-18-6-2-1-3-7-18/h1-3,6-7H,4-5,8-17H2. The van der Waals surface area contributed by atoms with Gasteiger partial charge in [0.25, 0.3) is 11.8 Å². The molecule has 1 aliphatic carbocycles. The third kappa shape index (κ3) is 4.14. The maximum Gasteiger partial charge on any atom is 0.293 e. The Morgan fingerprint density at radius 1 is 0.886 bits per heavy atom. The van der Waals surface area contributed by atoms with Gasteiger partial charge in [-0.25, -0.2) is 0 Å². The van der Waals surface area contributed by atoms with Gasteiger partial charge < -0.3 is 19.1 Å². The Balaban J connectivity index is 1.32. The number of amides is 2. The first kappa shape index (κ1) is 22.0. The van der Waals surface area contributed by atoms with E-state index in [9.17, 15) is 9.59 Å². The van der Waals surface area contributed by atoms with E-state index in [1.807, 2.05) is 22.9 Å². The summed E-state index contributed by atoms with van der Waals surface area (Å²) in [6.07, 6.45) is 4.44. The predicted molar refractivity (Wildman–Crippen MR) is 126 cm³/mol. The molecule has 0 bridgehead atoms. The number of aryl methyl sites for hydroxylation is 1. The molecule has 0 N–H and O–H groups in total. The first-order chi connectivity index (χ1) is 17.2. The maximum absolute atomic E-state index is 13.5. The highest BCUT2D eigenvalue weighted by molar-refractivity contribution is 5.96. The van der Waals surface area contributed by atoms with Crippen molar-refractivity contribution < 1.29 is 18.8 Å². The summed E-state index contributed by atoms with van der Waals surface area (Å²) in [5, 5.41) is 8.96. The molecule has 9 nitrogen and oxygen atoms in total. The van der Waals surface area contributed by atoms with Crippen LogP contribution in [0.4, 0.5) is 0 Å². The number of hydrogen-bond acceptors (Lipinski definition) is 6. The van der Waals surface area contributed by atoms with Gasteiger partial charge in [0, 0.05) is 42.9 Å². The molecule has 9 heteroatoms. The highest BCUT2D eigenvalue weighted by Gasteiger charge is 2.35. The molecule has 0 radical (unpaired) electrons. The van der Waals surface area contributed by atoms with Crippen molar-refractivity contribution in [2.75, 3.05) is 32.8 Å². The summed E-state index contributed by atoms with van der Waals surface area (Å²) < 4.78 is 12.9. The molecule has 1 fully saturated rings. The SMILES string of the molecule is O=C(c1nn(Cc2ccccc2)c2c1CN(C(=O)c1onc3c1CCCC3)CC2)N1CCOCC1. The molecular formula is C26H29N5O4. The lowest BCUT2D eigenvalue weighted by Crippen LogP contribution is -2.42. The van der Waals surface area contributed by atoms with Crippen LogP contribution in [0.3, 0.4) is 0 Å². The van der Waals surface area contributed by atoms with Crippen LogP contribution in [-0.4, -0.2) is 69.4 Å². The molecular weight excluding hydrogens is 446 g/mol. The number of morpholine rings is 1. The van der Waals surface area contributed by atoms with Gasteiger partial charge in [0.05, 0.1) is 32.0 Å².